The Balaban J connectivity index is 1.44. The van der Waals surface area contributed by atoms with Crippen LogP contribution in [0, 0.1) is 0 Å². The molecule has 0 aliphatic heterocycles. The lowest BCUT2D eigenvalue weighted by Gasteiger charge is -2.22. The molecule has 1 aliphatic rings. The van der Waals surface area contributed by atoms with Crippen LogP contribution in [0.4, 0.5) is 0 Å². The fourth-order valence-electron chi connectivity index (χ4n) is 3.24. The van der Waals surface area contributed by atoms with Crippen LogP contribution in [-0.2, 0) is 4.79 Å². The van der Waals surface area contributed by atoms with Crippen molar-refractivity contribution in [3.8, 4) is 0 Å². The number of H-pyrrole nitrogens is 1. The van der Waals surface area contributed by atoms with Crippen LogP contribution >= 0.6 is 23.4 Å². The summed E-state index contributed by atoms with van der Waals surface area (Å²) in [4.78, 5) is 19.8. The van der Waals surface area contributed by atoms with E-state index in [0.717, 1.165) is 23.7 Å². The quantitative estimate of drug-likeness (QED) is 0.679. The third-order valence-electron chi connectivity index (χ3n) is 4.46. The molecule has 1 saturated carbocycles. The summed E-state index contributed by atoms with van der Waals surface area (Å²) in [6.45, 7) is 0. The Labute approximate surface area is 154 Å². The second-order valence-corrected chi connectivity index (χ2v) is 7.68. The molecule has 1 amide bonds. The monoisotopic (exact) mass is 375 g/mol. The zero-order chi connectivity index (χ0) is 17.2. The molecule has 0 radical (unpaired) electrons. The molecule has 25 heavy (non-hydrogen) atoms. The zero-order valence-corrected chi connectivity index (χ0v) is 15.2. The van der Waals surface area contributed by atoms with Gasteiger partial charge >= 0.3 is 0 Å². The smallest absolute Gasteiger partial charge is 0.230 e. The Morgan fingerprint density at radius 3 is 2.96 bits per heavy atom. The van der Waals surface area contributed by atoms with E-state index in [2.05, 4.69) is 25.5 Å². The first-order valence-electron chi connectivity index (χ1n) is 8.43. The van der Waals surface area contributed by atoms with Crippen molar-refractivity contribution in [3.63, 3.8) is 0 Å². The first kappa shape index (κ1) is 16.6. The second-order valence-electron chi connectivity index (χ2n) is 6.30. The van der Waals surface area contributed by atoms with Crippen molar-refractivity contribution in [2.24, 2.45) is 0 Å². The molecular weight excluding hydrogens is 358 g/mol. The maximum atomic E-state index is 12.1. The van der Waals surface area contributed by atoms with Gasteiger partial charge in [-0.25, -0.2) is 4.98 Å². The number of hydrogen-bond acceptors (Lipinski definition) is 5. The highest BCUT2D eigenvalue weighted by atomic mass is 35.5. The van der Waals surface area contributed by atoms with Gasteiger partial charge in [0.05, 0.1) is 5.75 Å². The molecule has 6 nitrogen and oxygen atoms in total. The van der Waals surface area contributed by atoms with Crippen molar-refractivity contribution in [3.05, 3.63) is 23.2 Å². The Kier molecular flexibility index (Phi) is 4.76. The molecule has 0 saturated heterocycles. The largest absolute Gasteiger partial charge is 0.353 e. The minimum atomic E-state index is 0.0315. The molecule has 4 rings (SSSR count). The molecular formula is C17H18ClN5OS. The summed E-state index contributed by atoms with van der Waals surface area (Å²) in [5.41, 5.74) is 2.26. The van der Waals surface area contributed by atoms with Gasteiger partial charge in [-0.15, -0.1) is 10.2 Å². The van der Waals surface area contributed by atoms with Gasteiger partial charge in [0.1, 0.15) is 5.52 Å². The fourth-order valence-corrected chi connectivity index (χ4v) is 4.01. The molecule has 0 spiro atoms. The highest BCUT2D eigenvalue weighted by molar-refractivity contribution is 7.99. The Hall–Kier alpha value is -1.86. The van der Waals surface area contributed by atoms with Crippen LogP contribution in [0.1, 0.15) is 32.1 Å². The van der Waals surface area contributed by atoms with E-state index in [-0.39, 0.29) is 5.91 Å². The first-order valence-corrected chi connectivity index (χ1v) is 9.79. The molecule has 0 bridgehead atoms. The van der Waals surface area contributed by atoms with Crippen molar-refractivity contribution >= 4 is 51.3 Å². The van der Waals surface area contributed by atoms with Crippen molar-refractivity contribution in [1.82, 2.24) is 25.5 Å². The number of hydrogen-bond donors (Lipinski definition) is 2. The number of aromatic nitrogens is 4. The maximum Gasteiger partial charge on any atom is 0.230 e. The van der Waals surface area contributed by atoms with Gasteiger partial charge in [0.2, 0.25) is 11.1 Å². The Bertz CT molecular complexity index is 922. The molecule has 130 valence electrons. The van der Waals surface area contributed by atoms with Crippen LogP contribution in [-0.4, -0.2) is 37.9 Å². The number of thioether (sulfide) groups is 1. The molecule has 0 unspecified atom stereocenters. The van der Waals surface area contributed by atoms with Crippen molar-refractivity contribution in [2.45, 2.75) is 43.3 Å². The van der Waals surface area contributed by atoms with Crippen LogP contribution in [0.25, 0.3) is 22.1 Å². The van der Waals surface area contributed by atoms with E-state index in [1.807, 2.05) is 18.2 Å². The summed E-state index contributed by atoms with van der Waals surface area (Å²) in [5.74, 6) is 0.333. The van der Waals surface area contributed by atoms with Crippen molar-refractivity contribution in [1.29, 1.82) is 0 Å². The number of aromatic amines is 1. The summed E-state index contributed by atoms with van der Waals surface area (Å²) >= 11 is 7.34. The highest BCUT2D eigenvalue weighted by Gasteiger charge is 2.16. The lowest BCUT2D eigenvalue weighted by Crippen LogP contribution is -2.37. The lowest BCUT2D eigenvalue weighted by atomic mass is 9.95. The topological polar surface area (TPSA) is 83.6 Å². The van der Waals surface area contributed by atoms with Crippen LogP contribution in [0.15, 0.2) is 23.4 Å². The summed E-state index contributed by atoms with van der Waals surface area (Å²) < 4.78 is 0. The molecule has 3 aromatic rings. The van der Waals surface area contributed by atoms with E-state index in [9.17, 15) is 4.79 Å². The average molecular weight is 376 g/mol. The Morgan fingerprint density at radius 2 is 2.12 bits per heavy atom. The average Bonchev–Trinajstić information content (AvgIpc) is 2.98. The van der Waals surface area contributed by atoms with Crippen molar-refractivity contribution < 1.29 is 4.79 Å². The minimum absolute atomic E-state index is 0.0315. The molecule has 1 aromatic carbocycles. The van der Waals surface area contributed by atoms with Gasteiger partial charge in [-0.2, -0.15) is 0 Å². The molecule has 2 heterocycles. The van der Waals surface area contributed by atoms with Gasteiger partial charge in [0.15, 0.2) is 5.65 Å². The third-order valence-corrected chi connectivity index (χ3v) is 5.53. The fraction of sp³-hybridized carbons (Fsp3) is 0.412. The predicted octanol–water partition coefficient (Wildman–Crippen LogP) is 3.70. The molecule has 1 fully saturated rings. The van der Waals surface area contributed by atoms with Crippen molar-refractivity contribution in [2.75, 3.05) is 5.75 Å². The molecule has 8 heteroatoms. The normalized spacial score (nSPS) is 15.7. The number of halogens is 1. The lowest BCUT2D eigenvalue weighted by molar-refractivity contribution is -0.119. The Morgan fingerprint density at radius 1 is 1.28 bits per heavy atom. The third kappa shape index (κ3) is 3.72. The number of nitrogens with one attached hydrogen (secondary N) is 2. The summed E-state index contributed by atoms with van der Waals surface area (Å²) in [6, 6.07) is 5.88. The van der Waals surface area contributed by atoms with Crippen LogP contribution in [0.5, 0.6) is 0 Å². The van der Waals surface area contributed by atoms with E-state index in [1.54, 1.807) is 0 Å². The van der Waals surface area contributed by atoms with Crippen LogP contribution in [0.2, 0.25) is 5.02 Å². The van der Waals surface area contributed by atoms with E-state index in [0.29, 0.717) is 33.1 Å². The standard InChI is InChI=1S/C17H18ClN5OS/c18-10-6-7-13-12(8-10)15-16(20-13)21-17(23-22-15)25-9-14(24)19-11-4-2-1-3-5-11/h6-8,11H,1-5,9H2,(H,19,24)(H,20,21,23). The summed E-state index contributed by atoms with van der Waals surface area (Å²) in [5, 5.41) is 13.5. The number of fused-ring (bicyclic) bond motifs is 3. The van der Waals surface area contributed by atoms with Gasteiger partial charge in [-0.05, 0) is 31.0 Å². The minimum Gasteiger partial charge on any atom is -0.353 e. The van der Waals surface area contributed by atoms with Gasteiger partial charge < -0.3 is 10.3 Å². The highest BCUT2D eigenvalue weighted by Crippen LogP contribution is 2.26. The number of rotatable bonds is 4. The van der Waals surface area contributed by atoms with Gasteiger partial charge in [-0.1, -0.05) is 42.6 Å². The van der Waals surface area contributed by atoms with Gasteiger partial charge in [-0.3, -0.25) is 4.79 Å². The summed E-state index contributed by atoms with van der Waals surface area (Å²) in [7, 11) is 0. The maximum absolute atomic E-state index is 12.1. The molecule has 1 aliphatic carbocycles. The van der Waals surface area contributed by atoms with Crippen LogP contribution in [0.3, 0.4) is 0 Å². The second kappa shape index (κ2) is 7.17. The molecule has 0 atom stereocenters. The zero-order valence-electron chi connectivity index (χ0n) is 13.6. The van der Waals surface area contributed by atoms with E-state index in [4.69, 9.17) is 11.6 Å². The first-order chi connectivity index (χ1) is 12.2. The number of amides is 1. The summed E-state index contributed by atoms with van der Waals surface area (Å²) in [6.07, 6.45) is 5.84. The van der Waals surface area contributed by atoms with Gasteiger partial charge in [0, 0.05) is 22.0 Å². The van der Waals surface area contributed by atoms with E-state index >= 15 is 0 Å². The number of carbonyl (C=O) groups is 1. The van der Waals surface area contributed by atoms with E-state index in [1.165, 1.54) is 31.0 Å². The van der Waals surface area contributed by atoms with Crippen LogP contribution < -0.4 is 5.32 Å². The number of carbonyl (C=O) groups excluding carboxylic acids is 1. The molecule has 2 aromatic heterocycles. The van der Waals surface area contributed by atoms with Gasteiger partial charge in [0.25, 0.3) is 0 Å². The molecule has 2 N–H and O–H groups in total. The number of benzene rings is 1. The number of nitrogens with zero attached hydrogens (tertiary/aromatic N) is 3. The SMILES string of the molecule is O=C(CSc1nnc2c(n1)[nH]c1ccc(Cl)cc12)NC1CCCCC1. The predicted molar refractivity (Wildman–Crippen MR) is 99.9 cm³/mol. The van der Waals surface area contributed by atoms with E-state index < -0.39 is 0 Å².